The van der Waals surface area contributed by atoms with E-state index in [1.807, 2.05) is 0 Å². The van der Waals surface area contributed by atoms with Gasteiger partial charge in [-0.1, -0.05) is 6.92 Å². The molecule has 0 bridgehead atoms. The van der Waals surface area contributed by atoms with Gasteiger partial charge in [-0.25, -0.2) is 0 Å². The molecular formula is C8H9FOS. The van der Waals surface area contributed by atoms with Gasteiger partial charge < -0.3 is 0 Å². The molecule has 0 aliphatic heterocycles. The van der Waals surface area contributed by atoms with Gasteiger partial charge >= 0.3 is 0 Å². The molecule has 0 amide bonds. The summed E-state index contributed by atoms with van der Waals surface area (Å²) in [5.41, 5.74) is 0. The van der Waals surface area contributed by atoms with E-state index in [4.69, 9.17) is 0 Å². The van der Waals surface area contributed by atoms with Crippen LogP contribution >= 0.6 is 11.3 Å². The molecule has 1 aromatic heterocycles. The molecule has 0 aliphatic rings. The van der Waals surface area contributed by atoms with Crippen LogP contribution in [0, 0.1) is 0 Å². The Morgan fingerprint density at radius 2 is 2.45 bits per heavy atom. The first-order chi connectivity index (χ1) is 5.27. The summed E-state index contributed by atoms with van der Waals surface area (Å²) >= 11 is 1.36. The summed E-state index contributed by atoms with van der Waals surface area (Å²) in [5.74, 6) is -0.0753. The summed E-state index contributed by atoms with van der Waals surface area (Å²) < 4.78 is 12.1. The van der Waals surface area contributed by atoms with E-state index in [0.717, 1.165) is 11.2 Å². The normalized spacial score (nSPS) is 12.9. The minimum absolute atomic E-state index is 0.0753. The Morgan fingerprint density at radius 1 is 1.73 bits per heavy atom. The van der Waals surface area contributed by atoms with E-state index in [0.29, 0.717) is 4.88 Å². The van der Waals surface area contributed by atoms with Gasteiger partial charge in [0, 0.05) is 10.8 Å². The van der Waals surface area contributed by atoms with Gasteiger partial charge in [0.15, 0.2) is 6.29 Å². The molecule has 1 rings (SSSR count). The van der Waals surface area contributed by atoms with Crippen molar-refractivity contribution >= 4 is 17.6 Å². The number of alkyl halides is 1. The van der Waals surface area contributed by atoms with Gasteiger partial charge in [-0.3, -0.25) is 9.18 Å². The van der Waals surface area contributed by atoms with E-state index in [9.17, 15) is 9.18 Å². The second-order valence-electron chi connectivity index (χ2n) is 2.41. The molecule has 3 heteroatoms. The maximum absolute atomic E-state index is 12.1. The van der Waals surface area contributed by atoms with Crippen LogP contribution in [0.2, 0.25) is 0 Å². The fourth-order valence-corrected chi connectivity index (χ4v) is 1.63. The Morgan fingerprint density at radius 3 is 2.91 bits per heavy atom. The van der Waals surface area contributed by atoms with Crippen molar-refractivity contribution in [3.05, 3.63) is 21.9 Å². The molecule has 1 aromatic rings. The van der Waals surface area contributed by atoms with Crippen LogP contribution in [0.15, 0.2) is 12.1 Å². The molecular weight excluding hydrogens is 163 g/mol. The van der Waals surface area contributed by atoms with Crippen LogP contribution < -0.4 is 0 Å². The van der Waals surface area contributed by atoms with Gasteiger partial charge in [0.25, 0.3) is 0 Å². The van der Waals surface area contributed by atoms with Gasteiger partial charge in [-0.2, -0.15) is 0 Å². The van der Waals surface area contributed by atoms with Crippen LogP contribution in [0.5, 0.6) is 0 Å². The second kappa shape index (κ2) is 3.62. The summed E-state index contributed by atoms with van der Waals surface area (Å²) in [5, 5.41) is 0. The van der Waals surface area contributed by atoms with E-state index in [1.165, 1.54) is 11.3 Å². The third kappa shape index (κ3) is 1.87. The van der Waals surface area contributed by atoms with Crippen molar-refractivity contribution in [1.82, 2.24) is 0 Å². The molecule has 0 radical (unpaired) electrons. The van der Waals surface area contributed by atoms with Gasteiger partial charge in [0.1, 0.15) is 0 Å². The Balaban J connectivity index is 2.79. The van der Waals surface area contributed by atoms with Crippen LogP contribution in [0.25, 0.3) is 0 Å². The average molecular weight is 172 g/mol. The Labute approximate surface area is 68.9 Å². The molecule has 11 heavy (non-hydrogen) atoms. The lowest BCUT2D eigenvalue weighted by molar-refractivity contribution is 0.112. The molecule has 1 atom stereocenters. The zero-order valence-electron chi connectivity index (χ0n) is 6.21. The number of halogens is 1. The molecule has 0 aromatic carbocycles. The van der Waals surface area contributed by atoms with E-state index in [2.05, 4.69) is 0 Å². The first-order valence-corrected chi connectivity index (χ1v) is 4.20. The number of rotatable bonds is 3. The lowest BCUT2D eigenvalue weighted by Crippen LogP contribution is -1.90. The predicted molar refractivity (Wildman–Crippen MR) is 44.1 cm³/mol. The molecule has 0 saturated heterocycles. The zero-order valence-corrected chi connectivity index (χ0v) is 7.03. The number of thiophene rings is 1. The van der Waals surface area contributed by atoms with E-state index < -0.39 is 0 Å². The van der Waals surface area contributed by atoms with Crippen LogP contribution in [0.4, 0.5) is 4.39 Å². The number of carbonyl (C=O) groups excluding carboxylic acids is 1. The van der Waals surface area contributed by atoms with Crippen molar-refractivity contribution in [3.8, 4) is 0 Å². The third-order valence-electron chi connectivity index (χ3n) is 1.48. The topological polar surface area (TPSA) is 17.1 Å². The third-order valence-corrected chi connectivity index (χ3v) is 2.72. The van der Waals surface area contributed by atoms with Crippen molar-refractivity contribution in [3.63, 3.8) is 0 Å². The summed E-state index contributed by atoms with van der Waals surface area (Å²) in [4.78, 5) is 11.9. The fraction of sp³-hybridized carbons (Fsp3) is 0.375. The average Bonchev–Trinajstić information content (AvgIpc) is 2.50. The molecule has 0 N–H and O–H groups in total. The molecule has 60 valence electrons. The Kier molecular flexibility index (Phi) is 2.76. The Bertz CT molecular complexity index is 244. The summed E-state index contributed by atoms with van der Waals surface area (Å²) in [6.07, 6.45) is 0.791. The fourth-order valence-electron chi connectivity index (χ4n) is 0.773. The number of carbonyl (C=O) groups is 1. The largest absolute Gasteiger partial charge is 0.297 e. The zero-order chi connectivity index (χ0) is 8.27. The highest BCUT2D eigenvalue weighted by Gasteiger charge is 2.07. The minimum atomic E-state index is -0.362. The molecule has 1 heterocycles. The van der Waals surface area contributed by atoms with Crippen LogP contribution in [-0.2, 0) is 0 Å². The molecule has 0 saturated carbocycles. The number of hydrogen-bond donors (Lipinski definition) is 0. The van der Waals surface area contributed by atoms with Crippen LogP contribution in [0.3, 0.4) is 0 Å². The van der Waals surface area contributed by atoms with Crippen molar-refractivity contribution in [2.75, 3.05) is 6.67 Å². The monoisotopic (exact) mass is 172 g/mol. The van der Waals surface area contributed by atoms with Crippen LogP contribution in [-0.4, -0.2) is 13.0 Å². The van der Waals surface area contributed by atoms with Crippen molar-refractivity contribution < 1.29 is 9.18 Å². The SMILES string of the molecule is C[C@@H](CF)c1ccc(C=O)s1. The highest BCUT2D eigenvalue weighted by Crippen LogP contribution is 2.23. The van der Waals surface area contributed by atoms with Gasteiger partial charge in [-0.05, 0) is 12.1 Å². The summed E-state index contributed by atoms with van der Waals surface area (Å²) in [7, 11) is 0. The van der Waals surface area contributed by atoms with E-state index in [1.54, 1.807) is 19.1 Å². The first kappa shape index (κ1) is 8.40. The van der Waals surface area contributed by atoms with E-state index in [-0.39, 0.29) is 12.6 Å². The molecule has 0 fully saturated rings. The molecule has 0 aliphatic carbocycles. The lowest BCUT2D eigenvalue weighted by Gasteiger charge is -1.99. The number of hydrogen-bond acceptors (Lipinski definition) is 2. The minimum Gasteiger partial charge on any atom is -0.297 e. The van der Waals surface area contributed by atoms with E-state index >= 15 is 0 Å². The van der Waals surface area contributed by atoms with Gasteiger partial charge in [-0.15, -0.1) is 11.3 Å². The summed E-state index contributed by atoms with van der Waals surface area (Å²) in [6.45, 7) is 1.44. The van der Waals surface area contributed by atoms with Crippen LogP contribution in [0.1, 0.15) is 27.4 Å². The number of aldehydes is 1. The second-order valence-corrected chi connectivity index (χ2v) is 3.56. The molecule has 1 nitrogen and oxygen atoms in total. The van der Waals surface area contributed by atoms with Crippen molar-refractivity contribution in [2.45, 2.75) is 12.8 Å². The standard InChI is InChI=1S/C8H9FOS/c1-6(4-9)8-3-2-7(5-10)11-8/h2-3,5-6H,4H2,1H3/t6-/m0/s1. The van der Waals surface area contributed by atoms with Crippen molar-refractivity contribution in [2.24, 2.45) is 0 Å². The highest BCUT2D eigenvalue weighted by atomic mass is 32.1. The lowest BCUT2D eigenvalue weighted by atomic mass is 10.2. The maximum Gasteiger partial charge on any atom is 0.160 e. The predicted octanol–water partition coefficient (Wildman–Crippen LogP) is 2.63. The van der Waals surface area contributed by atoms with Gasteiger partial charge in [0.2, 0.25) is 0 Å². The first-order valence-electron chi connectivity index (χ1n) is 3.38. The molecule has 0 spiro atoms. The molecule has 0 unspecified atom stereocenters. The van der Waals surface area contributed by atoms with Gasteiger partial charge in [0.05, 0.1) is 11.6 Å². The maximum atomic E-state index is 12.1. The quantitative estimate of drug-likeness (QED) is 0.640. The smallest absolute Gasteiger partial charge is 0.160 e. The van der Waals surface area contributed by atoms with Crippen molar-refractivity contribution in [1.29, 1.82) is 0 Å². The summed E-state index contributed by atoms with van der Waals surface area (Å²) in [6, 6.07) is 3.53. The Hall–Kier alpha value is -0.700. The highest BCUT2D eigenvalue weighted by molar-refractivity contribution is 7.13.